The summed E-state index contributed by atoms with van der Waals surface area (Å²) in [4.78, 5) is 3.96. The van der Waals surface area contributed by atoms with Crippen LogP contribution in [0.25, 0.3) is 0 Å². The number of pyridine rings is 1. The third-order valence-electron chi connectivity index (χ3n) is 2.47. The Morgan fingerprint density at radius 3 is 2.79 bits per heavy atom. The van der Waals surface area contributed by atoms with Gasteiger partial charge in [-0.3, -0.25) is 0 Å². The zero-order valence-electron chi connectivity index (χ0n) is 9.75. The molecule has 0 radical (unpaired) electrons. The maximum Gasteiger partial charge on any atom is 0.560 e. The fourth-order valence-corrected chi connectivity index (χ4v) is 2.05. The van der Waals surface area contributed by atoms with Gasteiger partial charge in [0.05, 0.1) is 6.61 Å². The number of aromatic nitrogens is 1. The van der Waals surface area contributed by atoms with Crippen molar-refractivity contribution in [1.82, 2.24) is 4.98 Å². The van der Waals surface area contributed by atoms with E-state index >= 15 is 0 Å². The van der Waals surface area contributed by atoms with Crippen LogP contribution in [0.4, 0.5) is 0 Å². The molecule has 0 aliphatic heterocycles. The van der Waals surface area contributed by atoms with E-state index in [1.807, 2.05) is 0 Å². The summed E-state index contributed by atoms with van der Waals surface area (Å²) < 4.78 is 6.00. The smallest absolute Gasteiger partial charge is 0.532 e. The van der Waals surface area contributed by atoms with Crippen LogP contribution < -0.4 is 10.1 Å². The SMILES string of the molecule is OCc1cc(B(O)Oc2ccnc(Br)c2)ccc1Cl. The molecular weight excluding hydrogens is 332 g/mol. The summed E-state index contributed by atoms with van der Waals surface area (Å²) in [5.74, 6) is 0.481. The summed E-state index contributed by atoms with van der Waals surface area (Å²) >= 11 is 9.10. The lowest BCUT2D eigenvalue weighted by Crippen LogP contribution is -2.36. The van der Waals surface area contributed by atoms with Crippen molar-refractivity contribution >= 4 is 40.1 Å². The van der Waals surface area contributed by atoms with Crippen molar-refractivity contribution in [1.29, 1.82) is 0 Å². The number of hydrogen-bond donors (Lipinski definition) is 2. The second-order valence-corrected chi connectivity index (χ2v) is 5.01. The first-order chi connectivity index (χ1) is 9.10. The van der Waals surface area contributed by atoms with E-state index in [0.717, 1.165) is 0 Å². The summed E-state index contributed by atoms with van der Waals surface area (Å²) in [5.41, 5.74) is 1.05. The summed E-state index contributed by atoms with van der Waals surface area (Å²) in [6.07, 6.45) is 1.56. The minimum Gasteiger partial charge on any atom is -0.532 e. The summed E-state index contributed by atoms with van der Waals surface area (Å²) in [6.45, 7) is -0.194. The number of rotatable bonds is 4. The molecule has 1 heterocycles. The van der Waals surface area contributed by atoms with Gasteiger partial charge in [0.15, 0.2) is 0 Å². The predicted octanol–water partition coefficient (Wildman–Crippen LogP) is 1.76. The van der Waals surface area contributed by atoms with Crippen molar-refractivity contribution in [3.63, 3.8) is 0 Å². The first-order valence-corrected chi connectivity index (χ1v) is 6.62. The summed E-state index contributed by atoms with van der Waals surface area (Å²) in [7, 11) is -1.14. The number of hydrogen-bond acceptors (Lipinski definition) is 4. The van der Waals surface area contributed by atoms with Crippen LogP contribution in [-0.2, 0) is 6.61 Å². The van der Waals surface area contributed by atoms with Gasteiger partial charge < -0.3 is 14.8 Å². The Labute approximate surface area is 124 Å². The van der Waals surface area contributed by atoms with Gasteiger partial charge >= 0.3 is 7.12 Å². The Hall–Kier alpha value is -1.08. The van der Waals surface area contributed by atoms with E-state index in [1.54, 1.807) is 36.5 Å². The second kappa shape index (κ2) is 6.39. The van der Waals surface area contributed by atoms with E-state index in [1.165, 1.54) is 0 Å². The molecule has 7 heteroatoms. The number of benzene rings is 1. The zero-order chi connectivity index (χ0) is 13.8. The normalized spacial score (nSPS) is 10.3. The number of nitrogens with zero attached hydrogens (tertiary/aromatic N) is 1. The Bertz CT molecular complexity index is 585. The van der Waals surface area contributed by atoms with Crippen molar-refractivity contribution in [2.45, 2.75) is 6.61 Å². The van der Waals surface area contributed by atoms with Gasteiger partial charge in [0.1, 0.15) is 10.4 Å². The zero-order valence-corrected chi connectivity index (χ0v) is 12.1. The summed E-state index contributed by atoms with van der Waals surface area (Å²) in [6, 6.07) is 8.13. The van der Waals surface area contributed by atoms with E-state index in [4.69, 9.17) is 21.4 Å². The molecule has 0 aliphatic carbocycles. The first-order valence-electron chi connectivity index (χ1n) is 5.45. The standard InChI is InChI=1S/C12H10BBrClNO3/c14-12-6-10(3-4-16-12)19-13(18)9-1-2-11(15)8(5-9)7-17/h1-6,17-18H,7H2. The molecule has 0 aliphatic rings. The van der Waals surface area contributed by atoms with E-state index < -0.39 is 7.12 Å². The van der Waals surface area contributed by atoms with Crippen LogP contribution >= 0.6 is 27.5 Å². The highest BCUT2D eigenvalue weighted by Gasteiger charge is 2.20. The fraction of sp³-hybridized carbons (Fsp3) is 0.0833. The molecule has 0 amide bonds. The Kier molecular flexibility index (Phi) is 4.82. The van der Waals surface area contributed by atoms with Crippen molar-refractivity contribution < 1.29 is 14.8 Å². The van der Waals surface area contributed by atoms with Gasteiger partial charge in [-0.05, 0) is 39.1 Å². The molecule has 98 valence electrons. The van der Waals surface area contributed by atoms with Gasteiger partial charge in [0.25, 0.3) is 0 Å². The lowest BCUT2D eigenvalue weighted by molar-refractivity contribution is 0.282. The number of aliphatic hydroxyl groups excluding tert-OH is 1. The highest BCUT2D eigenvalue weighted by Crippen LogP contribution is 2.17. The fourth-order valence-electron chi connectivity index (χ4n) is 1.52. The Morgan fingerprint density at radius 2 is 2.11 bits per heavy atom. The van der Waals surface area contributed by atoms with Gasteiger partial charge in [-0.25, -0.2) is 4.98 Å². The van der Waals surface area contributed by atoms with Gasteiger partial charge in [-0.2, -0.15) is 0 Å². The van der Waals surface area contributed by atoms with Crippen LogP contribution in [0.2, 0.25) is 5.02 Å². The molecular formula is C12H10BBrClNO3. The molecule has 0 fully saturated rings. The van der Waals surface area contributed by atoms with Crippen LogP contribution in [0.5, 0.6) is 5.75 Å². The van der Waals surface area contributed by atoms with Gasteiger partial charge in [0, 0.05) is 17.3 Å². The van der Waals surface area contributed by atoms with E-state index in [2.05, 4.69) is 20.9 Å². The van der Waals surface area contributed by atoms with Crippen molar-refractivity contribution in [2.24, 2.45) is 0 Å². The minimum absolute atomic E-state index is 0.194. The minimum atomic E-state index is -1.14. The largest absolute Gasteiger partial charge is 0.560 e. The molecule has 0 spiro atoms. The monoisotopic (exact) mass is 341 g/mol. The van der Waals surface area contributed by atoms with Crippen LogP contribution in [0.15, 0.2) is 41.1 Å². The van der Waals surface area contributed by atoms with Crippen LogP contribution in [0, 0.1) is 0 Å². The van der Waals surface area contributed by atoms with E-state index in [0.29, 0.717) is 26.4 Å². The molecule has 2 rings (SSSR count). The van der Waals surface area contributed by atoms with E-state index in [-0.39, 0.29) is 6.61 Å². The Morgan fingerprint density at radius 1 is 1.32 bits per heavy atom. The van der Waals surface area contributed by atoms with Crippen molar-refractivity contribution in [3.05, 3.63) is 51.7 Å². The van der Waals surface area contributed by atoms with Crippen molar-refractivity contribution in [2.75, 3.05) is 0 Å². The van der Waals surface area contributed by atoms with Crippen LogP contribution in [0.1, 0.15) is 5.56 Å². The lowest BCUT2D eigenvalue weighted by Gasteiger charge is -2.11. The maximum atomic E-state index is 9.99. The van der Waals surface area contributed by atoms with Crippen molar-refractivity contribution in [3.8, 4) is 5.75 Å². The van der Waals surface area contributed by atoms with Crippen LogP contribution in [0.3, 0.4) is 0 Å². The quantitative estimate of drug-likeness (QED) is 0.656. The predicted molar refractivity (Wildman–Crippen MR) is 77.5 cm³/mol. The molecule has 0 unspecified atom stereocenters. The Balaban J connectivity index is 2.18. The summed E-state index contributed by atoms with van der Waals surface area (Å²) in [5, 5.41) is 19.6. The molecule has 1 aromatic carbocycles. The third-order valence-corrected chi connectivity index (χ3v) is 3.27. The van der Waals surface area contributed by atoms with Gasteiger partial charge in [-0.15, -0.1) is 0 Å². The molecule has 19 heavy (non-hydrogen) atoms. The molecule has 2 aromatic rings. The first kappa shape index (κ1) is 14.3. The molecule has 0 atom stereocenters. The molecule has 4 nitrogen and oxygen atoms in total. The number of halogens is 2. The molecule has 1 aromatic heterocycles. The van der Waals surface area contributed by atoms with E-state index in [9.17, 15) is 5.02 Å². The topological polar surface area (TPSA) is 62.6 Å². The van der Waals surface area contributed by atoms with Gasteiger partial charge in [0.2, 0.25) is 0 Å². The van der Waals surface area contributed by atoms with Gasteiger partial charge in [-0.1, -0.05) is 23.7 Å². The second-order valence-electron chi connectivity index (χ2n) is 3.79. The highest BCUT2D eigenvalue weighted by atomic mass is 79.9. The maximum absolute atomic E-state index is 9.99. The van der Waals surface area contributed by atoms with Crippen LogP contribution in [-0.4, -0.2) is 22.2 Å². The number of aliphatic hydroxyl groups is 1. The third kappa shape index (κ3) is 3.70. The lowest BCUT2D eigenvalue weighted by atomic mass is 9.79. The molecule has 0 saturated heterocycles. The molecule has 0 saturated carbocycles. The highest BCUT2D eigenvalue weighted by molar-refractivity contribution is 9.10. The molecule has 2 N–H and O–H groups in total. The average molecular weight is 342 g/mol. The molecule has 0 bridgehead atoms. The average Bonchev–Trinajstić information content (AvgIpc) is 2.39.